The molecule has 0 atom stereocenters. The van der Waals surface area contributed by atoms with Crippen LogP contribution in [0.25, 0.3) is 6.08 Å². The SMILES string of the molecule is CN(C)c1ccc(/C=C(\C#N)C(=O)OCC(=O)c2ccc3c(c2)NC(=O)CO3)cc1. The summed E-state index contributed by atoms with van der Waals surface area (Å²) in [6.45, 7) is -0.621. The highest BCUT2D eigenvalue weighted by Crippen LogP contribution is 2.28. The van der Waals surface area contributed by atoms with Gasteiger partial charge in [-0.05, 0) is 42.0 Å². The second-order valence-corrected chi connectivity index (χ2v) is 6.70. The van der Waals surface area contributed by atoms with Gasteiger partial charge in [0.25, 0.3) is 5.91 Å². The van der Waals surface area contributed by atoms with Gasteiger partial charge in [0.1, 0.15) is 17.4 Å². The number of benzene rings is 2. The Morgan fingerprint density at radius 1 is 1.23 bits per heavy atom. The van der Waals surface area contributed by atoms with E-state index in [1.54, 1.807) is 24.3 Å². The Labute approximate surface area is 173 Å². The first kappa shape index (κ1) is 20.6. The smallest absolute Gasteiger partial charge is 0.349 e. The van der Waals surface area contributed by atoms with E-state index in [9.17, 15) is 19.6 Å². The highest BCUT2D eigenvalue weighted by Gasteiger charge is 2.19. The molecule has 0 saturated heterocycles. The van der Waals surface area contributed by atoms with Crippen molar-refractivity contribution >= 4 is 35.1 Å². The van der Waals surface area contributed by atoms with Gasteiger partial charge >= 0.3 is 5.97 Å². The fourth-order valence-electron chi connectivity index (χ4n) is 2.72. The summed E-state index contributed by atoms with van der Waals surface area (Å²) >= 11 is 0. The quantitative estimate of drug-likeness (QED) is 0.340. The summed E-state index contributed by atoms with van der Waals surface area (Å²) in [6, 6.07) is 13.6. The first-order chi connectivity index (χ1) is 14.4. The van der Waals surface area contributed by atoms with E-state index in [2.05, 4.69) is 5.32 Å². The number of ketones is 1. The van der Waals surface area contributed by atoms with Crippen molar-refractivity contribution < 1.29 is 23.9 Å². The number of rotatable bonds is 6. The molecular weight excluding hydrogens is 386 g/mol. The standard InChI is InChI=1S/C22H19N3O5/c1-25(2)17-6-3-14(4-7-17)9-16(11-23)22(28)30-12-19(26)15-5-8-20-18(10-15)24-21(27)13-29-20/h3-10H,12-13H2,1-2H3,(H,24,27)/b16-9+. The lowest BCUT2D eigenvalue weighted by Crippen LogP contribution is -2.25. The van der Waals surface area contributed by atoms with Gasteiger partial charge in [0.2, 0.25) is 0 Å². The monoisotopic (exact) mass is 405 g/mol. The molecule has 0 unspecified atom stereocenters. The number of anilines is 2. The number of nitrogens with one attached hydrogen (secondary N) is 1. The Hall–Kier alpha value is -4.12. The van der Waals surface area contributed by atoms with Crippen LogP contribution in [0, 0.1) is 11.3 Å². The summed E-state index contributed by atoms with van der Waals surface area (Å²) in [5.41, 5.74) is 2.04. The van der Waals surface area contributed by atoms with Crippen molar-refractivity contribution in [1.29, 1.82) is 5.26 Å². The molecular formula is C22H19N3O5. The molecule has 1 heterocycles. The topological polar surface area (TPSA) is 109 Å². The molecule has 3 rings (SSSR count). The van der Waals surface area contributed by atoms with Gasteiger partial charge in [0.15, 0.2) is 19.0 Å². The molecule has 8 nitrogen and oxygen atoms in total. The first-order valence-corrected chi connectivity index (χ1v) is 9.03. The van der Waals surface area contributed by atoms with Crippen molar-refractivity contribution in [3.63, 3.8) is 0 Å². The number of Topliss-reactive ketones (excluding diaryl/α,β-unsaturated/α-hetero) is 1. The zero-order valence-electron chi connectivity index (χ0n) is 16.5. The van der Waals surface area contributed by atoms with Crippen molar-refractivity contribution in [3.8, 4) is 11.8 Å². The van der Waals surface area contributed by atoms with Crippen LogP contribution in [0.4, 0.5) is 11.4 Å². The second-order valence-electron chi connectivity index (χ2n) is 6.70. The van der Waals surface area contributed by atoms with Gasteiger partial charge in [0.05, 0.1) is 5.69 Å². The normalized spacial score (nSPS) is 12.7. The molecule has 0 aliphatic carbocycles. The van der Waals surface area contributed by atoms with Crippen molar-refractivity contribution in [2.45, 2.75) is 0 Å². The van der Waals surface area contributed by atoms with Crippen LogP contribution in [0.5, 0.6) is 5.75 Å². The van der Waals surface area contributed by atoms with Crippen LogP contribution in [0.1, 0.15) is 15.9 Å². The fraction of sp³-hybridized carbons (Fsp3) is 0.182. The third-order valence-corrected chi connectivity index (χ3v) is 4.33. The summed E-state index contributed by atoms with van der Waals surface area (Å²) < 4.78 is 10.2. The number of carbonyl (C=O) groups excluding carboxylic acids is 3. The van der Waals surface area contributed by atoms with Crippen molar-refractivity contribution in [2.24, 2.45) is 0 Å². The Morgan fingerprint density at radius 2 is 1.97 bits per heavy atom. The number of carbonyl (C=O) groups is 3. The summed E-state index contributed by atoms with van der Waals surface area (Å²) in [5, 5.41) is 11.9. The van der Waals surface area contributed by atoms with Gasteiger partial charge < -0.3 is 19.7 Å². The Morgan fingerprint density at radius 3 is 2.63 bits per heavy atom. The van der Waals surface area contributed by atoms with Gasteiger partial charge in [-0.2, -0.15) is 5.26 Å². The second kappa shape index (κ2) is 8.92. The minimum atomic E-state index is -0.892. The number of fused-ring (bicyclic) bond motifs is 1. The number of nitrogens with zero attached hydrogens (tertiary/aromatic N) is 2. The molecule has 152 valence electrons. The first-order valence-electron chi connectivity index (χ1n) is 9.03. The minimum absolute atomic E-state index is 0.0843. The fourth-order valence-corrected chi connectivity index (χ4v) is 2.72. The molecule has 1 amide bonds. The molecule has 30 heavy (non-hydrogen) atoms. The van der Waals surface area contributed by atoms with Crippen LogP contribution in [0.2, 0.25) is 0 Å². The van der Waals surface area contributed by atoms with Gasteiger partial charge in [-0.15, -0.1) is 0 Å². The minimum Gasteiger partial charge on any atom is -0.482 e. The van der Waals surface area contributed by atoms with E-state index < -0.39 is 18.4 Å². The third-order valence-electron chi connectivity index (χ3n) is 4.33. The number of hydrogen-bond donors (Lipinski definition) is 1. The lowest BCUT2D eigenvalue weighted by molar-refractivity contribution is -0.137. The van der Waals surface area contributed by atoms with E-state index in [0.29, 0.717) is 17.0 Å². The lowest BCUT2D eigenvalue weighted by Gasteiger charge is -2.18. The van der Waals surface area contributed by atoms with Gasteiger partial charge in [-0.1, -0.05) is 12.1 Å². The molecule has 2 aromatic rings. The van der Waals surface area contributed by atoms with Crippen LogP contribution in [-0.2, 0) is 14.3 Å². The highest BCUT2D eigenvalue weighted by molar-refractivity contribution is 6.03. The average molecular weight is 405 g/mol. The zero-order valence-corrected chi connectivity index (χ0v) is 16.5. The molecule has 8 heteroatoms. The predicted molar refractivity (Wildman–Crippen MR) is 110 cm³/mol. The molecule has 0 saturated carbocycles. The summed E-state index contributed by atoms with van der Waals surface area (Å²) in [7, 11) is 3.81. The van der Waals surface area contributed by atoms with Crippen molar-refractivity contribution in [1.82, 2.24) is 0 Å². The molecule has 1 aliphatic heterocycles. The van der Waals surface area contributed by atoms with E-state index >= 15 is 0 Å². The lowest BCUT2D eigenvalue weighted by atomic mass is 10.1. The predicted octanol–water partition coefficient (Wildman–Crippen LogP) is 2.42. The van der Waals surface area contributed by atoms with Crippen LogP contribution in [0.3, 0.4) is 0 Å². The summed E-state index contributed by atoms with van der Waals surface area (Å²) in [4.78, 5) is 37.9. The highest BCUT2D eigenvalue weighted by atomic mass is 16.5. The molecule has 0 fully saturated rings. The largest absolute Gasteiger partial charge is 0.482 e. The molecule has 0 radical (unpaired) electrons. The summed E-state index contributed by atoms with van der Waals surface area (Å²) in [6.07, 6.45) is 1.40. The molecule has 0 spiro atoms. The number of hydrogen-bond acceptors (Lipinski definition) is 7. The molecule has 1 aliphatic rings. The van der Waals surface area contributed by atoms with Crippen molar-refractivity contribution in [3.05, 3.63) is 59.2 Å². The van der Waals surface area contributed by atoms with Gasteiger partial charge in [-0.3, -0.25) is 9.59 Å². The number of ether oxygens (including phenoxy) is 2. The van der Waals surface area contributed by atoms with Crippen LogP contribution >= 0.6 is 0 Å². The number of esters is 1. The molecule has 1 N–H and O–H groups in total. The van der Waals surface area contributed by atoms with E-state index in [-0.39, 0.29) is 23.7 Å². The molecule has 0 aromatic heterocycles. The maximum Gasteiger partial charge on any atom is 0.349 e. The van der Waals surface area contributed by atoms with Crippen molar-refractivity contribution in [2.75, 3.05) is 37.5 Å². The van der Waals surface area contributed by atoms with E-state index in [1.807, 2.05) is 31.1 Å². The van der Waals surface area contributed by atoms with Gasteiger partial charge in [-0.25, -0.2) is 4.79 Å². The summed E-state index contributed by atoms with van der Waals surface area (Å²) in [5.74, 6) is -1.23. The van der Waals surface area contributed by atoms with E-state index in [1.165, 1.54) is 18.2 Å². The van der Waals surface area contributed by atoms with E-state index in [4.69, 9.17) is 9.47 Å². The van der Waals surface area contributed by atoms with Crippen LogP contribution in [-0.4, -0.2) is 45.0 Å². The average Bonchev–Trinajstić information content (AvgIpc) is 2.75. The number of nitriles is 1. The Balaban J connectivity index is 1.65. The Bertz CT molecular complexity index is 1070. The zero-order chi connectivity index (χ0) is 21.7. The number of amides is 1. The molecule has 2 aromatic carbocycles. The van der Waals surface area contributed by atoms with E-state index in [0.717, 1.165) is 5.69 Å². The molecule has 0 bridgehead atoms. The Kier molecular flexibility index (Phi) is 6.13. The maximum atomic E-state index is 12.3. The van der Waals surface area contributed by atoms with Crippen LogP contribution in [0.15, 0.2) is 48.0 Å². The maximum absolute atomic E-state index is 12.3. The van der Waals surface area contributed by atoms with Gasteiger partial charge in [0, 0.05) is 25.3 Å². The van der Waals surface area contributed by atoms with Crippen LogP contribution < -0.4 is 15.0 Å². The third kappa shape index (κ3) is 4.83.